The van der Waals surface area contributed by atoms with Crippen molar-refractivity contribution in [3.8, 4) is 0 Å². The summed E-state index contributed by atoms with van der Waals surface area (Å²) < 4.78 is 7.04. The third-order valence-electron chi connectivity index (χ3n) is 3.78. The number of ketones is 1. The number of thioether (sulfide) groups is 1. The van der Waals surface area contributed by atoms with E-state index in [1.807, 2.05) is 19.1 Å². The summed E-state index contributed by atoms with van der Waals surface area (Å²) in [7, 11) is 0. The number of hydrogen-bond acceptors (Lipinski definition) is 6. The van der Waals surface area contributed by atoms with Crippen LogP contribution in [0.2, 0.25) is 0 Å². The predicted octanol–water partition coefficient (Wildman–Crippen LogP) is 2.74. The zero-order chi connectivity index (χ0) is 15.1. The number of rotatable bonds is 3. The first-order chi connectivity index (χ1) is 10.7. The fraction of sp³-hybridized carbons (Fsp3) is 0.333. The molecule has 3 aromatic rings. The highest BCUT2D eigenvalue weighted by atomic mass is 32.2. The number of carbonyl (C=O) groups excluding carboxylic acids is 1. The second-order valence-electron chi connectivity index (χ2n) is 5.22. The third-order valence-corrected chi connectivity index (χ3v) is 4.50. The first-order valence-corrected chi connectivity index (χ1v) is 8.19. The van der Waals surface area contributed by atoms with Crippen molar-refractivity contribution in [2.75, 3.05) is 5.75 Å². The summed E-state index contributed by atoms with van der Waals surface area (Å²) in [6, 6.07) is 3.76. The SMILES string of the molecule is CCSc1nc2nc3c(cn2n1)C(=O)C[C@H](c1ccco1)C3. The van der Waals surface area contributed by atoms with E-state index in [0.717, 1.165) is 17.2 Å². The van der Waals surface area contributed by atoms with E-state index in [2.05, 4.69) is 15.1 Å². The number of fused-ring (bicyclic) bond motifs is 2. The van der Waals surface area contributed by atoms with Crippen LogP contribution in [0.15, 0.2) is 34.2 Å². The van der Waals surface area contributed by atoms with Gasteiger partial charge in [-0.25, -0.2) is 9.50 Å². The Morgan fingerprint density at radius 3 is 3.09 bits per heavy atom. The lowest BCUT2D eigenvalue weighted by atomic mass is 9.85. The van der Waals surface area contributed by atoms with E-state index >= 15 is 0 Å². The molecule has 0 amide bonds. The molecule has 4 rings (SSSR count). The minimum Gasteiger partial charge on any atom is -0.469 e. The Bertz CT molecular complexity index is 841. The van der Waals surface area contributed by atoms with E-state index in [0.29, 0.717) is 29.3 Å². The van der Waals surface area contributed by atoms with E-state index in [1.165, 1.54) is 0 Å². The summed E-state index contributed by atoms with van der Waals surface area (Å²) in [5.74, 6) is 2.41. The van der Waals surface area contributed by atoms with Gasteiger partial charge in [0, 0.05) is 25.0 Å². The number of nitrogens with zero attached hydrogens (tertiary/aromatic N) is 4. The van der Waals surface area contributed by atoms with Crippen LogP contribution < -0.4 is 0 Å². The van der Waals surface area contributed by atoms with Gasteiger partial charge in [-0.1, -0.05) is 18.7 Å². The highest BCUT2D eigenvalue weighted by Gasteiger charge is 2.30. The molecule has 0 N–H and O–H groups in total. The summed E-state index contributed by atoms with van der Waals surface area (Å²) in [4.78, 5) is 21.4. The van der Waals surface area contributed by atoms with Gasteiger partial charge < -0.3 is 4.42 Å². The summed E-state index contributed by atoms with van der Waals surface area (Å²) in [6.45, 7) is 2.05. The van der Waals surface area contributed by atoms with Gasteiger partial charge in [0.1, 0.15) is 5.76 Å². The molecule has 1 aliphatic carbocycles. The van der Waals surface area contributed by atoms with Gasteiger partial charge in [-0.05, 0) is 17.9 Å². The van der Waals surface area contributed by atoms with Crippen LogP contribution in [0.1, 0.15) is 41.1 Å². The molecule has 1 aliphatic rings. The molecule has 0 bridgehead atoms. The fourth-order valence-electron chi connectivity index (χ4n) is 2.78. The maximum absolute atomic E-state index is 12.4. The van der Waals surface area contributed by atoms with Gasteiger partial charge in [0.05, 0.1) is 17.5 Å². The molecule has 6 nitrogen and oxygen atoms in total. The molecule has 7 heteroatoms. The summed E-state index contributed by atoms with van der Waals surface area (Å²) in [5.41, 5.74) is 1.43. The fourth-order valence-corrected chi connectivity index (χ4v) is 3.33. The lowest BCUT2D eigenvalue weighted by Gasteiger charge is -2.20. The Morgan fingerprint density at radius 2 is 2.32 bits per heavy atom. The number of aromatic nitrogens is 4. The zero-order valence-electron chi connectivity index (χ0n) is 12.0. The molecule has 0 saturated carbocycles. The van der Waals surface area contributed by atoms with Crippen molar-refractivity contribution >= 4 is 23.3 Å². The largest absolute Gasteiger partial charge is 0.469 e. The lowest BCUT2D eigenvalue weighted by molar-refractivity contribution is 0.0958. The van der Waals surface area contributed by atoms with Crippen molar-refractivity contribution in [3.05, 3.63) is 41.6 Å². The molecule has 0 aromatic carbocycles. The highest BCUT2D eigenvalue weighted by Crippen LogP contribution is 2.32. The number of carbonyl (C=O) groups is 1. The topological polar surface area (TPSA) is 73.3 Å². The van der Waals surface area contributed by atoms with Crippen LogP contribution in [0.5, 0.6) is 0 Å². The summed E-state index contributed by atoms with van der Waals surface area (Å²) >= 11 is 1.56. The number of Topliss-reactive ketones (excluding diaryl/α,β-unsaturated/α-hetero) is 1. The molecule has 0 aliphatic heterocycles. The van der Waals surface area contributed by atoms with Crippen molar-refractivity contribution < 1.29 is 9.21 Å². The van der Waals surface area contributed by atoms with Gasteiger partial charge in [-0.15, -0.1) is 5.10 Å². The van der Waals surface area contributed by atoms with Crippen molar-refractivity contribution in [3.63, 3.8) is 0 Å². The zero-order valence-corrected chi connectivity index (χ0v) is 12.8. The van der Waals surface area contributed by atoms with Crippen LogP contribution in [-0.4, -0.2) is 31.1 Å². The van der Waals surface area contributed by atoms with Crippen molar-refractivity contribution in [1.82, 2.24) is 19.6 Å². The van der Waals surface area contributed by atoms with E-state index in [4.69, 9.17) is 4.42 Å². The molecular formula is C15H14N4O2S. The summed E-state index contributed by atoms with van der Waals surface area (Å²) in [5, 5.41) is 5.04. The van der Waals surface area contributed by atoms with Crippen molar-refractivity contribution in [1.29, 1.82) is 0 Å². The molecule has 0 spiro atoms. The maximum Gasteiger partial charge on any atom is 0.253 e. The van der Waals surface area contributed by atoms with Gasteiger partial charge in [-0.2, -0.15) is 4.98 Å². The molecule has 0 fully saturated rings. The minimum atomic E-state index is 0.0531. The Balaban J connectivity index is 1.76. The van der Waals surface area contributed by atoms with E-state index in [1.54, 1.807) is 28.7 Å². The van der Waals surface area contributed by atoms with E-state index in [-0.39, 0.29) is 11.7 Å². The minimum absolute atomic E-state index is 0.0531. The first kappa shape index (κ1) is 13.5. The second-order valence-corrected chi connectivity index (χ2v) is 6.45. The van der Waals surface area contributed by atoms with Crippen LogP contribution in [0.4, 0.5) is 0 Å². The van der Waals surface area contributed by atoms with Crippen LogP contribution >= 0.6 is 11.8 Å². The smallest absolute Gasteiger partial charge is 0.253 e. The summed E-state index contributed by atoms with van der Waals surface area (Å²) in [6.07, 6.45) is 4.52. The van der Waals surface area contributed by atoms with Crippen LogP contribution in [0, 0.1) is 0 Å². The molecule has 22 heavy (non-hydrogen) atoms. The van der Waals surface area contributed by atoms with E-state index < -0.39 is 0 Å². The van der Waals surface area contributed by atoms with Gasteiger partial charge >= 0.3 is 0 Å². The van der Waals surface area contributed by atoms with Crippen LogP contribution in [0.25, 0.3) is 5.78 Å². The van der Waals surface area contributed by atoms with Gasteiger partial charge in [-0.3, -0.25) is 4.79 Å². The van der Waals surface area contributed by atoms with Crippen molar-refractivity contribution in [2.24, 2.45) is 0 Å². The van der Waals surface area contributed by atoms with E-state index in [9.17, 15) is 4.79 Å². The molecule has 0 radical (unpaired) electrons. The molecule has 0 unspecified atom stereocenters. The van der Waals surface area contributed by atoms with Gasteiger partial charge in [0.15, 0.2) is 5.78 Å². The Morgan fingerprint density at radius 1 is 1.41 bits per heavy atom. The van der Waals surface area contributed by atoms with Crippen LogP contribution in [0.3, 0.4) is 0 Å². The van der Waals surface area contributed by atoms with Gasteiger partial charge in [0.25, 0.3) is 5.78 Å². The highest BCUT2D eigenvalue weighted by molar-refractivity contribution is 7.99. The average Bonchev–Trinajstić information content (AvgIpc) is 3.14. The number of furan rings is 1. The normalized spacial score (nSPS) is 17.9. The molecule has 3 heterocycles. The molecule has 1 atom stereocenters. The quantitative estimate of drug-likeness (QED) is 0.692. The monoisotopic (exact) mass is 314 g/mol. The molecule has 112 valence electrons. The maximum atomic E-state index is 12.4. The lowest BCUT2D eigenvalue weighted by Crippen LogP contribution is -2.21. The Labute approximate surface area is 130 Å². The van der Waals surface area contributed by atoms with Gasteiger partial charge in [0.2, 0.25) is 5.16 Å². The molecule has 0 saturated heterocycles. The number of hydrogen-bond donors (Lipinski definition) is 0. The molecular weight excluding hydrogens is 300 g/mol. The Hall–Kier alpha value is -2.15. The second kappa shape index (κ2) is 5.24. The Kier molecular flexibility index (Phi) is 3.22. The van der Waals surface area contributed by atoms with Crippen LogP contribution in [-0.2, 0) is 6.42 Å². The third kappa shape index (κ3) is 2.21. The molecule has 3 aromatic heterocycles. The van der Waals surface area contributed by atoms with Crippen molar-refractivity contribution in [2.45, 2.75) is 30.8 Å². The standard InChI is InChI=1S/C15H14N4O2S/c1-2-22-15-17-14-16-11-6-9(13-4-3-5-21-13)7-12(20)10(11)8-19(14)18-15/h3-5,8-9H,2,6-7H2,1H3/t9-/m1/s1. The predicted molar refractivity (Wildman–Crippen MR) is 81.3 cm³/mol. The first-order valence-electron chi connectivity index (χ1n) is 7.20. The average molecular weight is 314 g/mol.